The number of halogens is 1. The van der Waals surface area contributed by atoms with E-state index in [0.717, 1.165) is 4.90 Å². The summed E-state index contributed by atoms with van der Waals surface area (Å²) in [7, 11) is 1.20. The van der Waals surface area contributed by atoms with Gasteiger partial charge in [0.25, 0.3) is 0 Å². The largest absolute Gasteiger partial charge is 0.508 e. The molecule has 0 spiro atoms. The van der Waals surface area contributed by atoms with Crippen molar-refractivity contribution in [3.05, 3.63) is 59.9 Å². The number of rotatable bonds is 3. The van der Waals surface area contributed by atoms with Crippen molar-refractivity contribution in [2.75, 3.05) is 12.0 Å². The molecule has 29 heavy (non-hydrogen) atoms. The Balaban J connectivity index is 1.84. The minimum atomic E-state index is -1.48. The molecule has 2 saturated heterocycles. The smallest absolute Gasteiger partial charge is 0.326 e. The Kier molecular flexibility index (Phi) is 4.38. The lowest BCUT2D eigenvalue weighted by molar-refractivity contribution is -0.151. The first-order valence-electron chi connectivity index (χ1n) is 9.07. The number of amides is 2. The van der Waals surface area contributed by atoms with Gasteiger partial charge in [0.15, 0.2) is 0 Å². The summed E-state index contributed by atoms with van der Waals surface area (Å²) in [5.74, 6) is -4.61. The fourth-order valence-corrected chi connectivity index (χ4v) is 4.38. The van der Waals surface area contributed by atoms with E-state index in [2.05, 4.69) is 5.32 Å². The van der Waals surface area contributed by atoms with Gasteiger partial charge in [-0.3, -0.25) is 19.7 Å². The van der Waals surface area contributed by atoms with Crippen LogP contribution in [0.5, 0.6) is 5.75 Å². The number of methoxy groups -OCH3 is 1. The van der Waals surface area contributed by atoms with Crippen molar-refractivity contribution in [1.29, 1.82) is 0 Å². The summed E-state index contributed by atoms with van der Waals surface area (Å²) in [4.78, 5) is 40.0. The summed E-state index contributed by atoms with van der Waals surface area (Å²) in [5.41, 5.74) is -1.01. The minimum Gasteiger partial charge on any atom is -0.508 e. The lowest BCUT2D eigenvalue weighted by atomic mass is 9.80. The van der Waals surface area contributed by atoms with Gasteiger partial charge in [-0.1, -0.05) is 24.3 Å². The Morgan fingerprint density at radius 1 is 1.14 bits per heavy atom. The Labute approximate surface area is 166 Å². The summed E-state index contributed by atoms with van der Waals surface area (Å²) >= 11 is 0. The summed E-state index contributed by atoms with van der Waals surface area (Å²) < 4.78 is 19.3. The van der Waals surface area contributed by atoms with Gasteiger partial charge in [0, 0.05) is 6.04 Å². The standard InChI is InChI=1S/C21H19FN2O5/c1-21(20(28)29-2)16-15(17(23-21)11-7-9-12(25)10-8-11)18(26)24(19(16)27)14-6-4-3-5-13(14)22/h3-10,15-17,23,25H,1-2H3/t15-,16+,17-,21-/m1/s1. The Hall–Kier alpha value is -3.26. The molecule has 2 fully saturated rings. The molecule has 0 saturated carbocycles. The highest BCUT2D eigenvalue weighted by molar-refractivity contribution is 6.24. The van der Waals surface area contributed by atoms with Crippen molar-refractivity contribution >= 4 is 23.5 Å². The highest BCUT2D eigenvalue weighted by Crippen LogP contribution is 2.50. The van der Waals surface area contributed by atoms with Crippen molar-refractivity contribution in [2.45, 2.75) is 18.5 Å². The molecule has 0 aliphatic carbocycles. The zero-order chi connectivity index (χ0) is 20.9. The molecule has 0 radical (unpaired) electrons. The Bertz CT molecular complexity index is 1010. The summed E-state index contributed by atoms with van der Waals surface area (Å²) in [6.45, 7) is 1.51. The first-order valence-corrected chi connectivity index (χ1v) is 9.07. The van der Waals surface area contributed by atoms with Gasteiger partial charge in [-0.15, -0.1) is 0 Å². The number of phenols is 1. The van der Waals surface area contributed by atoms with Gasteiger partial charge in [0.1, 0.15) is 17.1 Å². The molecule has 8 heteroatoms. The lowest BCUT2D eigenvalue weighted by Crippen LogP contribution is -2.54. The molecule has 150 valence electrons. The molecular weight excluding hydrogens is 379 g/mol. The summed E-state index contributed by atoms with van der Waals surface area (Å²) in [6.07, 6.45) is 0. The number of phenolic OH excluding ortho intramolecular Hbond substituents is 1. The molecule has 2 aromatic carbocycles. The molecule has 2 aromatic rings. The van der Waals surface area contributed by atoms with Gasteiger partial charge in [-0.05, 0) is 36.8 Å². The topological polar surface area (TPSA) is 95.9 Å². The monoisotopic (exact) mass is 398 g/mol. The zero-order valence-corrected chi connectivity index (χ0v) is 15.8. The van der Waals surface area contributed by atoms with Gasteiger partial charge in [-0.25, -0.2) is 9.29 Å². The molecule has 2 aliphatic heterocycles. The number of carbonyl (C=O) groups is 3. The van der Waals surface area contributed by atoms with Crippen molar-refractivity contribution in [3.8, 4) is 5.75 Å². The van der Waals surface area contributed by atoms with E-state index in [1.165, 1.54) is 50.4 Å². The minimum absolute atomic E-state index is 0.0424. The number of hydrogen-bond acceptors (Lipinski definition) is 6. The van der Waals surface area contributed by atoms with E-state index in [1.54, 1.807) is 12.1 Å². The molecule has 2 amide bonds. The molecule has 4 atom stereocenters. The molecule has 4 rings (SSSR count). The molecule has 2 aliphatic rings. The number of anilines is 1. The van der Waals surface area contributed by atoms with E-state index in [4.69, 9.17) is 4.74 Å². The second kappa shape index (κ2) is 6.66. The molecule has 0 unspecified atom stereocenters. The van der Waals surface area contributed by atoms with Crippen molar-refractivity contribution in [3.63, 3.8) is 0 Å². The Morgan fingerprint density at radius 3 is 2.41 bits per heavy atom. The van der Waals surface area contributed by atoms with Crippen molar-refractivity contribution in [1.82, 2.24) is 5.32 Å². The van der Waals surface area contributed by atoms with Gasteiger partial charge < -0.3 is 9.84 Å². The number of nitrogens with one attached hydrogen (secondary N) is 1. The Morgan fingerprint density at radius 2 is 1.79 bits per heavy atom. The quantitative estimate of drug-likeness (QED) is 0.606. The van der Waals surface area contributed by atoms with Crippen LogP contribution in [0.15, 0.2) is 48.5 Å². The van der Waals surface area contributed by atoms with E-state index >= 15 is 0 Å². The van der Waals surface area contributed by atoms with Crippen LogP contribution in [0.3, 0.4) is 0 Å². The third-order valence-corrected chi connectivity index (χ3v) is 5.74. The average Bonchev–Trinajstić information content (AvgIpc) is 3.17. The number of imide groups is 1. The van der Waals surface area contributed by atoms with Gasteiger partial charge in [-0.2, -0.15) is 0 Å². The van der Waals surface area contributed by atoms with Crippen LogP contribution in [0, 0.1) is 17.7 Å². The van der Waals surface area contributed by atoms with Crippen LogP contribution in [-0.2, 0) is 19.1 Å². The molecule has 2 N–H and O–H groups in total. The van der Waals surface area contributed by atoms with Crippen LogP contribution in [0.4, 0.5) is 10.1 Å². The maximum atomic E-state index is 14.4. The van der Waals surface area contributed by atoms with E-state index in [1.807, 2.05) is 0 Å². The number of nitrogens with zero attached hydrogens (tertiary/aromatic N) is 1. The molecular formula is C21H19FN2O5. The predicted molar refractivity (Wildman–Crippen MR) is 100 cm³/mol. The summed E-state index contributed by atoms with van der Waals surface area (Å²) in [6, 6.07) is 10.9. The van der Waals surface area contributed by atoms with E-state index in [0.29, 0.717) is 5.56 Å². The van der Waals surface area contributed by atoms with E-state index in [9.17, 15) is 23.9 Å². The van der Waals surface area contributed by atoms with E-state index < -0.39 is 47.0 Å². The van der Waals surface area contributed by atoms with Crippen LogP contribution in [0.25, 0.3) is 0 Å². The fourth-order valence-electron chi connectivity index (χ4n) is 4.38. The van der Waals surface area contributed by atoms with E-state index in [-0.39, 0.29) is 11.4 Å². The third kappa shape index (κ3) is 2.71. The maximum absolute atomic E-state index is 14.4. The maximum Gasteiger partial charge on any atom is 0.326 e. The lowest BCUT2D eigenvalue weighted by Gasteiger charge is -2.28. The third-order valence-electron chi connectivity index (χ3n) is 5.74. The van der Waals surface area contributed by atoms with Crippen LogP contribution >= 0.6 is 0 Å². The number of para-hydroxylation sites is 1. The second-order valence-electron chi connectivity index (χ2n) is 7.37. The number of benzene rings is 2. The first-order chi connectivity index (χ1) is 13.8. The average molecular weight is 398 g/mol. The number of carbonyl (C=O) groups excluding carboxylic acids is 3. The second-order valence-corrected chi connectivity index (χ2v) is 7.37. The van der Waals surface area contributed by atoms with Gasteiger partial charge in [0.05, 0.1) is 24.6 Å². The highest BCUT2D eigenvalue weighted by atomic mass is 19.1. The van der Waals surface area contributed by atoms with Crippen LogP contribution in [0.2, 0.25) is 0 Å². The normalized spacial score (nSPS) is 28.5. The number of hydrogen-bond donors (Lipinski definition) is 2. The van der Waals surface area contributed by atoms with Gasteiger partial charge in [0.2, 0.25) is 11.8 Å². The number of aromatic hydroxyl groups is 1. The molecule has 2 heterocycles. The first kappa shape index (κ1) is 19.1. The van der Waals surface area contributed by atoms with Gasteiger partial charge >= 0.3 is 5.97 Å². The molecule has 0 aromatic heterocycles. The van der Waals surface area contributed by atoms with Crippen LogP contribution in [0.1, 0.15) is 18.5 Å². The number of fused-ring (bicyclic) bond motifs is 1. The predicted octanol–water partition coefficient (Wildman–Crippen LogP) is 1.91. The zero-order valence-electron chi connectivity index (χ0n) is 15.8. The van der Waals surface area contributed by atoms with Crippen molar-refractivity contribution < 1.29 is 28.6 Å². The number of ether oxygens (including phenoxy) is 1. The molecule has 7 nitrogen and oxygen atoms in total. The fraction of sp³-hybridized carbons (Fsp3) is 0.286. The van der Waals surface area contributed by atoms with Crippen LogP contribution in [-0.4, -0.2) is 35.5 Å². The SMILES string of the molecule is COC(=O)[C@]1(C)N[C@H](c2ccc(O)cc2)[C@@H]2C(=O)N(c3ccccc3F)C(=O)[C@H]21. The molecule has 0 bridgehead atoms. The van der Waals surface area contributed by atoms with Crippen LogP contribution < -0.4 is 10.2 Å². The summed E-state index contributed by atoms with van der Waals surface area (Å²) in [5, 5.41) is 12.7. The highest BCUT2D eigenvalue weighted by Gasteiger charge is 2.67. The van der Waals surface area contributed by atoms with Crippen molar-refractivity contribution in [2.24, 2.45) is 11.8 Å². The number of esters is 1.